The Bertz CT molecular complexity index is 532. The second-order valence-corrected chi connectivity index (χ2v) is 5.92. The summed E-state index contributed by atoms with van der Waals surface area (Å²) in [4.78, 5) is 23.4. The van der Waals surface area contributed by atoms with Crippen molar-refractivity contribution < 1.29 is 19.1 Å². The smallest absolute Gasteiger partial charge is 0.261 e. The molecule has 0 bridgehead atoms. The number of amides is 1. The summed E-state index contributed by atoms with van der Waals surface area (Å²) in [6, 6.07) is 4.89. The fourth-order valence-electron chi connectivity index (χ4n) is 1.70. The molecule has 1 rings (SSSR count). The molecule has 1 atom stereocenters. The van der Waals surface area contributed by atoms with E-state index in [0.29, 0.717) is 17.1 Å². The van der Waals surface area contributed by atoms with E-state index in [-0.39, 0.29) is 17.2 Å². The lowest BCUT2D eigenvalue weighted by molar-refractivity contribution is -0.128. The van der Waals surface area contributed by atoms with Gasteiger partial charge in [0.15, 0.2) is 23.4 Å². The molecular weight excluding hydrogens is 270 g/mol. The molecule has 0 saturated heterocycles. The zero-order valence-corrected chi connectivity index (χ0v) is 13.4. The number of benzene rings is 1. The maximum atomic E-state index is 12.0. The Kier molecular flexibility index (Phi) is 5.35. The predicted molar refractivity (Wildman–Crippen MR) is 81.0 cm³/mol. The van der Waals surface area contributed by atoms with Gasteiger partial charge in [-0.3, -0.25) is 9.59 Å². The highest BCUT2D eigenvalue weighted by atomic mass is 16.5. The van der Waals surface area contributed by atoms with Crippen LogP contribution < -0.4 is 14.8 Å². The van der Waals surface area contributed by atoms with Crippen molar-refractivity contribution in [1.82, 2.24) is 5.32 Å². The summed E-state index contributed by atoms with van der Waals surface area (Å²) in [7, 11) is 1.49. The third-order valence-corrected chi connectivity index (χ3v) is 2.74. The molecule has 0 aromatic heterocycles. The number of methoxy groups -OCH3 is 1. The average molecular weight is 293 g/mol. The van der Waals surface area contributed by atoms with E-state index in [0.717, 1.165) is 0 Å². The second kappa shape index (κ2) is 6.61. The molecule has 21 heavy (non-hydrogen) atoms. The summed E-state index contributed by atoms with van der Waals surface area (Å²) in [6.45, 7) is 8.85. The summed E-state index contributed by atoms with van der Waals surface area (Å²) >= 11 is 0. The average Bonchev–Trinajstić information content (AvgIpc) is 2.36. The molecule has 116 valence electrons. The highest BCUT2D eigenvalue weighted by Crippen LogP contribution is 2.29. The molecule has 0 aliphatic heterocycles. The van der Waals surface area contributed by atoms with Crippen molar-refractivity contribution in [1.29, 1.82) is 0 Å². The number of hydrogen-bond donors (Lipinski definition) is 1. The zero-order chi connectivity index (χ0) is 16.2. The molecule has 0 aliphatic rings. The molecule has 0 radical (unpaired) electrons. The number of hydrogen-bond acceptors (Lipinski definition) is 4. The molecule has 5 nitrogen and oxygen atoms in total. The SMILES string of the molecule is COc1cc(C(C)=O)ccc1OC(C)C(=O)NC(C)(C)C. The monoisotopic (exact) mass is 293 g/mol. The van der Waals surface area contributed by atoms with Gasteiger partial charge >= 0.3 is 0 Å². The van der Waals surface area contributed by atoms with Crippen molar-refractivity contribution >= 4 is 11.7 Å². The first-order valence-electron chi connectivity index (χ1n) is 6.81. The Morgan fingerprint density at radius 3 is 2.29 bits per heavy atom. The normalized spacial score (nSPS) is 12.5. The molecule has 0 heterocycles. The van der Waals surface area contributed by atoms with Crippen LogP contribution in [0.4, 0.5) is 0 Å². The van der Waals surface area contributed by atoms with E-state index in [2.05, 4.69) is 5.32 Å². The zero-order valence-electron chi connectivity index (χ0n) is 13.4. The third-order valence-electron chi connectivity index (χ3n) is 2.74. The molecular formula is C16H23NO4. The van der Waals surface area contributed by atoms with Crippen LogP contribution in [-0.2, 0) is 4.79 Å². The minimum absolute atomic E-state index is 0.0571. The highest BCUT2D eigenvalue weighted by Gasteiger charge is 2.21. The largest absolute Gasteiger partial charge is 0.493 e. The van der Waals surface area contributed by atoms with Crippen molar-refractivity contribution in [3.05, 3.63) is 23.8 Å². The van der Waals surface area contributed by atoms with E-state index in [4.69, 9.17) is 9.47 Å². The van der Waals surface area contributed by atoms with E-state index >= 15 is 0 Å². The second-order valence-electron chi connectivity index (χ2n) is 5.92. The van der Waals surface area contributed by atoms with Crippen LogP contribution in [0.1, 0.15) is 45.0 Å². The maximum Gasteiger partial charge on any atom is 0.261 e. The van der Waals surface area contributed by atoms with E-state index in [1.807, 2.05) is 20.8 Å². The number of carbonyl (C=O) groups excluding carboxylic acids is 2. The van der Waals surface area contributed by atoms with Crippen LogP contribution in [0.3, 0.4) is 0 Å². The topological polar surface area (TPSA) is 64.6 Å². The summed E-state index contributed by atoms with van der Waals surface area (Å²) in [5.41, 5.74) is 0.211. The molecule has 5 heteroatoms. The quantitative estimate of drug-likeness (QED) is 0.847. The van der Waals surface area contributed by atoms with E-state index < -0.39 is 6.10 Å². The van der Waals surface area contributed by atoms with Gasteiger partial charge in [-0.05, 0) is 52.8 Å². The van der Waals surface area contributed by atoms with Crippen LogP contribution in [0, 0.1) is 0 Å². The standard InChI is InChI=1S/C16H23NO4/c1-10(18)12-7-8-13(14(9-12)20-6)21-11(2)15(19)17-16(3,4)5/h7-9,11H,1-6H3,(H,17,19). The van der Waals surface area contributed by atoms with Crippen molar-refractivity contribution in [2.24, 2.45) is 0 Å². The first-order chi connectivity index (χ1) is 9.64. The minimum Gasteiger partial charge on any atom is -0.493 e. The van der Waals surface area contributed by atoms with Gasteiger partial charge in [-0.1, -0.05) is 0 Å². The maximum absolute atomic E-state index is 12.0. The molecule has 1 aromatic carbocycles. The summed E-state index contributed by atoms with van der Waals surface area (Å²) in [5.74, 6) is 0.593. The number of carbonyl (C=O) groups is 2. The van der Waals surface area contributed by atoms with Gasteiger partial charge in [0.2, 0.25) is 0 Å². The summed E-state index contributed by atoms with van der Waals surface area (Å²) in [5, 5.41) is 2.85. The number of rotatable bonds is 5. The Hall–Kier alpha value is -2.04. The van der Waals surface area contributed by atoms with E-state index in [1.165, 1.54) is 14.0 Å². The van der Waals surface area contributed by atoms with Gasteiger partial charge in [-0.15, -0.1) is 0 Å². The molecule has 1 amide bonds. The Balaban J connectivity index is 2.87. The lowest BCUT2D eigenvalue weighted by Crippen LogP contribution is -2.46. The fraction of sp³-hybridized carbons (Fsp3) is 0.500. The van der Waals surface area contributed by atoms with Gasteiger partial charge in [0.05, 0.1) is 7.11 Å². The number of nitrogens with one attached hydrogen (secondary N) is 1. The number of ether oxygens (including phenoxy) is 2. The van der Waals surface area contributed by atoms with Crippen molar-refractivity contribution in [2.75, 3.05) is 7.11 Å². The predicted octanol–water partition coefficient (Wildman–Crippen LogP) is 2.58. The van der Waals surface area contributed by atoms with Crippen LogP contribution in [-0.4, -0.2) is 30.4 Å². The lowest BCUT2D eigenvalue weighted by atomic mass is 10.1. The molecule has 0 saturated carbocycles. The first-order valence-corrected chi connectivity index (χ1v) is 6.81. The van der Waals surface area contributed by atoms with Crippen LogP contribution >= 0.6 is 0 Å². The Morgan fingerprint density at radius 1 is 1.19 bits per heavy atom. The Labute approximate surface area is 125 Å². The molecule has 1 aromatic rings. The molecule has 0 fully saturated rings. The van der Waals surface area contributed by atoms with Crippen LogP contribution in [0.2, 0.25) is 0 Å². The molecule has 0 aliphatic carbocycles. The lowest BCUT2D eigenvalue weighted by Gasteiger charge is -2.24. The van der Waals surface area contributed by atoms with E-state index in [9.17, 15) is 9.59 Å². The van der Waals surface area contributed by atoms with E-state index in [1.54, 1.807) is 25.1 Å². The van der Waals surface area contributed by atoms with Crippen molar-refractivity contribution in [2.45, 2.75) is 46.3 Å². The first kappa shape index (κ1) is 17.0. The Morgan fingerprint density at radius 2 is 1.81 bits per heavy atom. The van der Waals surface area contributed by atoms with Crippen LogP contribution in [0.25, 0.3) is 0 Å². The van der Waals surface area contributed by atoms with Gasteiger partial charge < -0.3 is 14.8 Å². The van der Waals surface area contributed by atoms with Crippen molar-refractivity contribution in [3.8, 4) is 11.5 Å². The van der Waals surface area contributed by atoms with Crippen LogP contribution in [0.5, 0.6) is 11.5 Å². The van der Waals surface area contributed by atoms with Crippen molar-refractivity contribution in [3.63, 3.8) is 0 Å². The molecule has 1 N–H and O–H groups in total. The van der Waals surface area contributed by atoms with Gasteiger partial charge in [0, 0.05) is 11.1 Å². The summed E-state index contributed by atoms with van der Waals surface area (Å²) < 4.78 is 10.8. The van der Waals surface area contributed by atoms with Gasteiger partial charge in [0.1, 0.15) is 0 Å². The number of Topliss-reactive ketones (excluding diaryl/α,β-unsaturated/α-hetero) is 1. The molecule has 0 spiro atoms. The van der Waals surface area contributed by atoms with Gasteiger partial charge in [-0.25, -0.2) is 0 Å². The third kappa shape index (κ3) is 5.10. The summed E-state index contributed by atoms with van der Waals surface area (Å²) in [6.07, 6.45) is -0.665. The molecule has 1 unspecified atom stereocenters. The number of ketones is 1. The highest BCUT2D eigenvalue weighted by molar-refractivity contribution is 5.94. The minimum atomic E-state index is -0.665. The van der Waals surface area contributed by atoms with Gasteiger partial charge in [-0.2, -0.15) is 0 Å². The van der Waals surface area contributed by atoms with Gasteiger partial charge in [0.25, 0.3) is 5.91 Å². The van der Waals surface area contributed by atoms with Crippen LogP contribution in [0.15, 0.2) is 18.2 Å². The fourth-order valence-corrected chi connectivity index (χ4v) is 1.70.